The van der Waals surface area contributed by atoms with Gasteiger partial charge >= 0.3 is 0 Å². The van der Waals surface area contributed by atoms with Crippen molar-refractivity contribution in [2.45, 2.75) is 20.3 Å². The van der Waals surface area contributed by atoms with Crippen LogP contribution in [-0.2, 0) is 6.42 Å². The Labute approximate surface area is 64.1 Å². The van der Waals surface area contributed by atoms with Crippen LogP contribution in [0.4, 0.5) is 0 Å². The van der Waals surface area contributed by atoms with Crippen molar-refractivity contribution in [3.63, 3.8) is 0 Å². The quantitative estimate of drug-likeness (QED) is 0.615. The van der Waals surface area contributed by atoms with Crippen LogP contribution in [0.3, 0.4) is 0 Å². The van der Waals surface area contributed by atoms with E-state index in [0.29, 0.717) is 6.42 Å². The number of hydrogen-bond acceptors (Lipinski definition) is 3. The molecular formula is C7H8N2S. The summed E-state index contributed by atoms with van der Waals surface area (Å²) in [7, 11) is 0. The topological polar surface area (TPSA) is 36.7 Å². The van der Waals surface area contributed by atoms with E-state index in [0.717, 1.165) is 15.6 Å². The highest BCUT2D eigenvalue weighted by Crippen LogP contribution is 2.16. The maximum atomic E-state index is 8.38. The maximum absolute atomic E-state index is 8.38. The first kappa shape index (κ1) is 7.23. The van der Waals surface area contributed by atoms with E-state index < -0.39 is 0 Å². The Hall–Kier alpha value is -0.880. The first-order valence-electron chi connectivity index (χ1n) is 3.04. The molecule has 0 fully saturated rings. The molecule has 2 nitrogen and oxygen atoms in total. The minimum Gasteiger partial charge on any atom is -0.247 e. The average molecular weight is 152 g/mol. The number of hydrogen-bond donors (Lipinski definition) is 0. The van der Waals surface area contributed by atoms with Crippen molar-refractivity contribution in [2.24, 2.45) is 0 Å². The summed E-state index contributed by atoms with van der Waals surface area (Å²) in [6.45, 7) is 3.90. The summed E-state index contributed by atoms with van der Waals surface area (Å²) in [5.41, 5.74) is 1.00. The first-order chi connectivity index (χ1) is 4.74. The van der Waals surface area contributed by atoms with Gasteiger partial charge in [-0.05, 0) is 13.8 Å². The van der Waals surface area contributed by atoms with Crippen molar-refractivity contribution in [2.75, 3.05) is 0 Å². The number of thiazole rings is 1. The second-order valence-electron chi connectivity index (χ2n) is 2.08. The molecule has 0 aliphatic carbocycles. The van der Waals surface area contributed by atoms with Crippen molar-refractivity contribution in [3.8, 4) is 6.07 Å². The third-order valence-electron chi connectivity index (χ3n) is 1.24. The van der Waals surface area contributed by atoms with Gasteiger partial charge in [-0.1, -0.05) is 0 Å². The van der Waals surface area contributed by atoms with Crippen LogP contribution in [0, 0.1) is 25.2 Å². The number of aromatic nitrogens is 1. The number of nitriles is 1. The fraction of sp³-hybridized carbons (Fsp3) is 0.429. The summed E-state index contributed by atoms with van der Waals surface area (Å²) in [4.78, 5) is 5.29. The standard InChI is InChI=1S/C7H8N2S/c1-5-7(3-4-8)10-6(2)9-5/h3H2,1-2H3. The van der Waals surface area contributed by atoms with Crippen molar-refractivity contribution in [1.82, 2.24) is 4.98 Å². The van der Waals surface area contributed by atoms with Crippen LogP contribution in [0.5, 0.6) is 0 Å². The molecule has 0 aromatic carbocycles. The molecule has 3 heteroatoms. The lowest BCUT2D eigenvalue weighted by Crippen LogP contribution is -1.79. The molecule has 1 aromatic rings. The van der Waals surface area contributed by atoms with E-state index in [2.05, 4.69) is 11.1 Å². The lowest BCUT2D eigenvalue weighted by Gasteiger charge is -1.83. The molecule has 0 aliphatic heterocycles. The molecule has 0 N–H and O–H groups in total. The van der Waals surface area contributed by atoms with Crippen molar-refractivity contribution >= 4 is 11.3 Å². The van der Waals surface area contributed by atoms with Crippen LogP contribution < -0.4 is 0 Å². The molecule has 0 amide bonds. The second-order valence-corrected chi connectivity index (χ2v) is 3.36. The lowest BCUT2D eigenvalue weighted by molar-refractivity contribution is 1.15. The molecule has 52 valence electrons. The van der Waals surface area contributed by atoms with Gasteiger partial charge in [0.25, 0.3) is 0 Å². The fourth-order valence-corrected chi connectivity index (χ4v) is 1.68. The molecule has 0 atom stereocenters. The van der Waals surface area contributed by atoms with E-state index in [4.69, 9.17) is 5.26 Å². The molecule has 1 aromatic heterocycles. The third kappa shape index (κ3) is 1.34. The third-order valence-corrected chi connectivity index (χ3v) is 2.31. The van der Waals surface area contributed by atoms with E-state index in [9.17, 15) is 0 Å². The van der Waals surface area contributed by atoms with E-state index in [1.807, 2.05) is 13.8 Å². The van der Waals surface area contributed by atoms with Crippen LogP contribution in [0.2, 0.25) is 0 Å². The molecule has 1 rings (SSSR count). The van der Waals surface area contributed by atoms with Crippen LogP contribution in [0.1, 0.15) is 15.6 Å². The van der Waals surface area contributed by atoms with Gasteiger partial charge in [-0.3, -0.25) is 0 Å². The van der Waals surface area contributed by atoms with Gasteiger partial charge in [0.05, 0.1) is 23.2 Å². The summed E-state index contributed by atoms with van der Waals surface area (Å²) < 4.78 is 0. The van der Waals surface area contributed by atoms with E-state index >= 15 is 0 Å². The summed E-state index contributed by atoms with van der Waals surface area (Å²) in [5.74, 6) is 0. The predicted octanol–water partition coefficient (Wildman–Crippen LogP) is 1.83. The van der Waals surface area contributed by atoms with Gasteiger partial charge in [0.15, 0.2) is 0 Å². The van der Waals surface area contributed by atoms with E-state index in [1.54, 1.807) is 11.3 Å². The molecule has 0 spiro atoms. The largest absolute Gasteiger partial charge is 0.247 e. The molecule has 0 saturated carbocycles. The van der Waals surface area contributed by atoms with E-state index in [1.165, 1.54) is 0 Å². The fourth-order valence-electron chi connectivity index (χ4n) is 0.809. The Balaban J connectivity index is 2.94. The Morgan fingerprint density at radius 1 is 1.60 bits per heavy atom. The number of rotatable bonds is 1. The van der Waals surface area contributed by atoms with Crippen molar-refractivity contribution in [1.29, 1.82) is 5.26 Å². The predicted molar refractivity (Wildman–Crippen MR) is 40.9 cm³/mol. The molecule has 0 aliphatic rings. The van der Waals surface area contributed by atoms with Gasteiger partial charge in [0.1, 0.15) is 0 Å². The molecule has 10 heavy (non-hydrogen) atoms. The Morgan fingerprint density at radius 2 is 2.30 bits per heavy atom. The van der Waals surface area contributed by atoms with E-state index in [-0.39, 0.29) is 0 Å². The lowest BCUT2D eigenvalue weighted by atomic mass is 10.3. The van der Waals surface area contributed by atoms with Gasteiger partial charge in [-0.25, -0.2) is 4.98 Å². The molecular weight excluding hydrogens is 144 g/mol. The van der Waals surface area contributed by atoms with Crippen molar-refractivity contribution < 1.29 is 0 Å². The zero-order valence-electron chi connectivity index (χ0n) is 6.01. The molecule has 0 bridgehead atoms. The Bertz CT molecular complexity index is 270. The highest BCUT2D eigenvalue weighted by molar-refractivity contribution is 7.11. The highest BCUT2D eigenvalue weighted by Gasteiger charge is 2.02. The summed E-state index contributed by atoms with van der Waals surface area (Å²) in [5, 5.41) is 9.43. The van der Waals surface area contributed by atoms with Gasteiger partial charge in [0.2, 0.25) is 0 Å². The summed E-state index contributed by atoms with van der Waals surface area (Å²) >= 11 is 1.61. The van der Waals surface area contributed by atoms with Crippen LogP contribution in [0.25, 0.3) is 0 Å². The number of aryl methyl sites for hydroxylation is 2. The minimum absolute atomic E-state index is 0.497. The molecule has 0 radical (unpaired) electrons. The van der Waals surface area contributed by atoms with Crippen molar-refractivity contribution in [3.05, 3.63) is 15.6 Å². The van der Waals surface area contributed by atoms with Crippen LogP contribution in [0.15, 0.2) is 0 Å². The molecule has 1 heterocycles. The molecule has 0 saturated heterocycles. The van der Waals surface area contributed by atoms with Gasteiger partial charge in [-0.15, -0.1) is 11.3 Å². The van der Waals surface area contributed by atoms with Crippen LogP contribution in [-0.4, -0.2) is 4.98 Å². The zero-order chi connectivity index (χ0) is 7.56. The number of nitrogens with zero attached hydrogens (tertiary/aromatic N) is 2. The zero-order valence-corrected chi connectivity index (χ0v) is 6.83. The first-order valence-corrected chi connectivity index (χ1v) is 3.85. The van der Waals surface area contributed by atoms with Gasteiger partial charge in [-0.2, -0.15) is 5.26 Å². The summed E-state index contributed by atoms with van der Waals surface area (Å²) in [6.07, 6.45) is 0.497. The second kappa shape index (κ2) is 2.80. The molecule has 0 unspecified atom stereocenters. The minimum atomic E-state index is 0.497. The monoisotopic (exact) mass is 152 g/mol. The SMILES string of the molecule is Cc1nc(C)c(CC#N)s1. The Kier molecular flexibility index (Phi) is 2.03. The smallest absolute Gasteiger partial charge is 0.0900 e. The normalized spacial score (nSPS) is 9.30. The van der Waals surface area contributed by atoms with Gasteiger partial charge < -0.3 is 0 Å². The maximum Gasteiger partial charge on any atom is 0.0900 e. The van der Waals surface area contributed by atoms with Gasteiger partial charge in [0, 0.05) is 4.88 Å². The Morgan fingerprint density at radius 3 is 2.70 bits per heavy atom. The highest BCUT2D eigenvalue weighted by atomic mass is 32.1. The summed E-state index contributed by atoms with van der Waals surface area (Å²) in [6, 6.07) is 2.11. The van der Waals surface area contributed by atoms with Crippen LogP contribution >= 0.6 is 11.3 Å². The average Bonchev–Trinajstić information content (AvgIpc) is 2.13.